The van der Waals surface area contributed by atoms with E-state index in [2.05, 4.69) is 12.8 Å². The van der Waals surface area contributed by atoms with Crippen LogP contribution in [0.5, 0.6) is 0 Å². The molecule has 0 atom stereocenters. The maximum absolute atomic E-state index is 13.3. The molecule has 0 amide bonds. The number of carbonyl (C=O) groups is 1. The summed E-state index contributed by atoms with van der Waals surface area (Å²) in [7, 11) is 0. The van der Waals surface area contributed by atoms with Gasteiger partial charge in [-0.2, -0.15) is 0 Å². The van der Waals surface area contributed by atoms with Gasteiger partial charge in [-0.25, -0.2) is 9.18 Å². The first-order valence-corrected chi connectivity index (χ1v) is 9.62. The summed E-state index contributed by atoms with van der Waals surface area (Å²) in [6.45, 7) is 0.168. The van der Waals surface area contributed by atoms with Crippen molar-refractivity contribution < 1.29 is 23.8 Å². The molecule has 0 saturated carbocycles. The molecule has 0 fully saturated rings. The molecule has 30 heavy (non-hydrogen) atoms. The second-order valence-corrected chi connectivity index (χ2v) is 7.18. The Morgan fingerprint density at radius 1 is 1.03 bits per heavy atom. The Balaban J connectivity index is 2.01. The first-order valence-electron chi connectivity index (χ1n) is 9.22. The van der Waals surface area contributed by atoms with Crippen molar-refractivity contribution in [3.63, 3.8) is 0 Å². The summed E-state index contributed by atoms with van der Waals surface area (Å²) in [5.41, 5.74) is 3.12. The van der Waals surface area contributed by atoms with E-state index in [0.717, 1.165) is 11.1 Å². The molecule has 1 aromatic heterocycles. The Hall–Kier alpha value is -3.29. The summed E-state index contributed by atoms with van der Waals surface area (Å²) in [6.07, 6.45) is 0. The van der Waals surface area contributed by atoms with Crippen molar-refractivity contribution in [2.45, 2.75) is 0 Å². The second-order valence-electron chi connectivity index (χ2n) is 6.70. The first kappa shape index (κ1) is 20.0. The van der Waals surface area contributed by atoms with E-state index in [0.29, 0.717) is 22.2 Å². The van der Waals surface area contributed by atoms with Gasteiger partial charge < -0.3 is 18.9 Å². The molecule has 4 rings (SSSR count). The number of fused-ring (bicyclic) bond motifs is 1. The van der Waals surface area contributed by atoms with Gasteiger partial charge in [-0.05, 0) is 35.9 Å². The molecule has 0 radical (unpaired) electrons. The fourth-order valence-corrected chi connectivity index (χ4v) is 3.68. The fraction of sp³-hybridized carbons (Fsp3) is 0.0870. The maximum Gasteiger partial charge on any atom is 0.340 e. The first-order chi connectivity index (χ1) is 14.5. The van der Waals surface area contributed by atoms with Crippen LogP contribution < -0.4 is 4.31 Å². The summed E-state index contributed by atoms with van der Waals surface area (Å²) in [5.74, 6) is -1.41. The minimum absolute atomic E-state index is 0.00760. The van der Waals surface area contributed by atoms with Crippen molar-refractivity contribution >= 4 is 35.4 Å². The highest BCUT2D eigenvalue weighted by atomic mass is 32.1. The summed E-state index contributed by atoms with van der Waals surface area (Å²) < 4.78 is 20.8. The van der Waals surface area contributed by atoms with Gasteiger partial charge in [0.2, 0.25) is 0 Å². The molecule has 0 saturated heterocycles. The number of carboxylic acid groups (broad SMARTS) is 1. The van der Waals surface area contributed by atoms with Crippen LogP contribution in [0.2, 0.25) is 0 Å². The number of rotatable bonds is 6. The number of carboxylic acids is 1. The van der Waals surface area contributed by atoms with Gasteiger partial charge in [0.1, 0.15) is 22.7 Å². The lowest BCUT2D eigenvalue weighted by Gasteiger charge is -2.20. The number of benzene rings is 3. The highest BCUT2D eigenvalue weighted by Crippen LogP contribution is 2.41. The van der Waals surface area contributed by atoms with E-state index in [4.69, 9.17) is 4.42 Å². The maximum atomic E-state index is 13.3. The van der Waals surface area contributed by atoms with Crippen molar-refractivity contribution in [1.29, 1.82) is 0 Å². The van der Waals surface area contributed by atoms with Crippen LogP contribution in [-0.2, 0) is 0 Å². The molecule has 2 N–H and O–H groups in total. The van der Waals surface area contributed by atoms with Crippen LogP contribution in [0.15, 0.2) is 71.1 Å². The average Bonchev–Trinajstić information content (AvgIpc) is 3.13. The SMILES string of the molecule is O=C(O)c1c(-c2ccc(F)cc2)oc2cc(N(S)CCO)c(-c3ccccc3)cc12. The lowest BCUT2D eigenvalue weighted by Crippen LogP contribution is -2.16. The third-order valence-corrected chi connectivity index (χ3v) is 5.22. The van der Waals surface area contributed by atoms with Gasteiger partial charge in [-0.3, -0.25) is 0 Å². The van der Waals surface area contributed by atoms with Crippen LogP contribution in [0.4, 0.5) is 10.1 Å². The second kappa shape index (κ2) is 8.22. The molecule has 0 spiro atoms. The van der Waals surface area contributed by atoms with Gasteiger partial charge in [0.25, 0.3) is 0 Å². The van der Waals surface area contributed by atoms with Gasteiger partial charge in [-0.1, -0.05) is 43.1 Å². The molecular weight excluding hydrogens is 405 g/mol. The van der Waals surface area contributed by atoms with E-state index in [9.17, 15) is 19.4 Å². The highest BCUT2D eigenvalue weighted by molar-refractivity contribution is 7.81. The van der Waals surface area contributed by atoms with Crippen molar-refractivity contribution in [3.8, 4) is 22.5 Å². The monoisotopic (exact) mass is 423 g/mol. The molecule has 0 bridgehead atoms. The zero-order valence-electron chi connectivity index (χ0n) is 15.7. The fourth-order valence-electron chi connectivity index (χ4n) is 3.43. The molecule has 0 aliphatic carbocycles. The minimum Gasteiger partial charge on any atom is -0.478 e. The summed E-state index contributed by atoms with van der Waals surface area (Å²) in [6, 6.07) is 18.4. The molecule has 0 aliphatic rings. The van der Waals surface area contributed by atoms with Crippen LogP contribution in [-0.4, -0.2) is 29.3 Å². The molecule has 1 heterocycles. The number of aromatic carboxylic acids is 1. The van der Waals surface area contributed by atoms with Gasteiger partial charge in [-0.15, -0.1) is 0 Å². The number of hydrogen-bond donors (Lipinski definition) is 3. The van der Waals surface area contributed by atoms with Crippen LogP contribution in [0.3, 0.4) is 0 Å². The summed E-state index contributed by atoms with van der Waals surface area (Å²) >= 11 is 4.47. The molecule has 0 unspecified atom stereocenters. The van der Waals surface area contributed by atoms with E-state index in [1.807, 2.05) is 30.3 Å². The lowest BCUT2D eigenvalue weighted by atomic mass is 9.99. The van der Waals surface area contributed by atoms with Gasteiger partial charge in [0.05, 0.1) is 18.8 Å². The van der Waals surface area contributed by atoms with E-state index in [1.165, 1.54) is 24.3 Å². The number of aliphatic hydroxyl groups is 1. The number of thiol groups is 1. The molecule has 7 heteroatoms. The molecule has 4 aromatic rings. The van der Waals surface area contributed by atoms with Crippen LogP contribution >= 0.6 is 12.8 Å². The van der Waals surface area contributed by atoms with E-state index in [1.54, 1.807) is 16.4 Å². The average molecular weight is 423 g/mol. The van der Waals surface area contributed by atoms with E-state index in [-0.39, 0.29) is 24.5 Å². The Morgan fingerprint density at radius 2 is 1.73 bits per heavy atom. The Bertz CT molecular complexity index is 1210. The van der Waals surface area contributed by atoms with E-state index >= 15 is 0 Å². The van der Waals surface area contributed by atoms with Gasteiger partial charge in [0.15, 0.2) is 0 Å². The normalized spacial score (nSPS) is 11.0. The topological polar surface area (TPSA) is 73.9 Å². The largest absolute Gasteiger partial charge is 0.478 e. The minimum atomic E-state index is -1.14. The van der Waals surface area contributed by atoms with Crippen LogP contribution in [0.1, 0.15) is 10.4 Å². The van der Waals surface area contributed by atoms with Crippen molar-refractivity contribution in [2.24, 2.45) is 0 Å². The standard InChI is InChI=1S/C23H18FNO4S/c24-16-8-6-15(7-9-16)22-21(23(27)28)18-12-17(14-4-2-1-3-5-14)19(13-20(18)29-22)25(30)10-11-26/h1-9,12-13,26,30H,10-11H2,(H,27,28). The summed E-state index contributed by atoms with van der Waals surface area (Å²) in [5, 5.41) is 19.7. The number of aliphatic hydroxyl groups excluding tert-OH is 1. The smallest absolute Gasteiger partial charge is 0.340 e. The molecule has 0 aliphatic heterocycles. The molecule has 3 aromatic carbocycles. The Kier molecular flexibility index (Phi) is 5.48. The molecular formula is C23H18FNO4S. The predicted octanol–water partition coefficient (Wildman–Crippen LogP) is 5.25. The van der Waals surface area contributed by atoms with Crippen molar-refractivity contribution in [1.82, 2.24) is 0 Å². The third kappa shape index (κ3) is 3.65. The number of anilines is 1. The van der Waals surface area contributed by atoms with Crippen LogP contribution in [0.25, 0.3) is 33.4 Å². The van der Waals surface area contributed by atoms with Gasteiger partial charge >= 0.3 is 5.97 Å². The lowest BCUT2D eigenvalue weighted by molar-refractivity contribution is 0.0699. The quantitative estimate of drug-likeness (QED) is 0.370. The predicted molar refractivity (Wildman–Crippen MR) is 117 cm³/mol. The van der Waals surface area contributed by atoms with E-state index < -0.39 is 11.8 Å². The highest BCUT2D eigenvalue weighted by Gasteiger charge is 2.24. The number of furan rings is 1. The molecule has 5 nitrogen and oxygen atoms in total. The zero-order valence-corrected chi connectivity index (χ0v) is 16.6. The van der Waals surface area contributed by atoms with Crippen molar-refractivity contribution in [3.05, 3.63) is 78.1 Å². The zero-order chi connectivity index (χ0) is 21.3. The number of halogens is 1. The summed E-state index contributed by atoms with van der Waals surface area (Å²) in [4.78, 5) is 12.1. The Morgan fingerprint density at radius 3 is 2.37 bits per heavy atom. The third-order valence-electron chi connectivity index (χ3n) is 4.80. The number of hydrogen-bond acceptors (Lipinski definition) is 5. The molecule has 152 valence electrons. The van der Waals surface area contributed by atoms with Crippen LogP contribution in [0, 0.1) is 5.82 Å². The van der Waals surface area contributed by atoms with Crippen molar-refractivity contribution in [2.75, 3.05) is 17.5 Å². The number of nitrogens with zero attached hydrogens (tertiary/aromatic N) is 1. The Labute approximate surface area is 177 Å². The van der Waals surface area contributed by atoms with Gasteiger partial charge in [0, 0.05) is 22.6 Å².